The van der Waals surface area contributed by atoms with Gasteiger partial charge in [0.2, 0.25) is 0 Å². The van der Waals surface area contributed by atoms with E-state index in [1.807, 2.05) is 11.6 Å². The molecule has 1 fully saturated rings. The van der Waals surface area contributed by atoms with Crippen LogP contribution in [0.25, 0.3) is 12.2 Å². The molecule has 24 heavy (non-hydrogen) atoms. The summed E-state index contributed by atoms with van der Waals surface area (Å²) in [5.74, 6) is 1.06. The highest BCUT2D eigenvalue weighted by molar-refractivity contribution is 7.78. The first-order valence-electron chi connectivity index (χ1n) is 8.52. The molecule has 1 aliphatic heterocycles. The Hall–Kier alpha value is -1.64. The van der Waals surface area contributed by atoms with Gasteiger partial charge in [-0.25, -0.2) is 0 Å². The summed E-state index contributed by atoms with van der Waals surface area (Å²) in [7, 11) is 0. The fourth-order valence-electron chi connectivity index (χ4n) is 4.13. The number of hydrogen-bond donors (Lipinski definition) is 0. The van der Waals surface area contributed by atoms with Crippen LogP contribution in [0.1, 0.15) is 41.0 Å². The lowest BCUT2D eigenvalue weighted by molar-refractivity contribution is 0.256. The Kier molecular flexibility index (Phi) is 4.43. The molecule has 1 heterocycles. The van der Waals surface area contributed by atoms with Gasteiger partial charge in [-0.3, -0.25) is 0 Å². The third kappa shape index (κ3) is 2.89. The van der Waals surface area contributed by atoms with Gasteiger partial charge in [-0.05, 0) is 53.1 Å². The number of rotatable bonds is 2. The zero-order valence-electron chi connectivity index (χ0n) is 13.5. The topological polar surface area (TPSA) is 3.24 Å². The van der Waals surface area contributed by atoms with Crippen LogP contribution in [0.5, 0.6) is 0 Å². The van der Waals surface area contributed by atoms with Crippen molar-refractivity contribution in [3.63, 3.8) is 0 Å². The molecular formula is C21H20ClNS. The molecule has 1 atom stereocenters. The molecule has 0 spiro atoms. The van der Waals surface area contributed by atoms with Crippen molar-refractivity contribution < 1.29 is 0 Å². The number of benzene rings is 2. The highest BCUT2D eigenvalue weighted by Crippen LogP contribution is 2.43. The van der Waals surface area contributed by atoms with Crippen LogP contribution in [0.15, 0.2) is 42.5 Å². The molecule has 3 heteroatoms. The standard InChI is InChI=1S/C21H20ClNS/c22-18-7-8-20-17(13-18)6-5-15-3-1-2-4-19(15)21(20)16-9-11-23(14-24)12-10-16/h1-8,13-14,16,21H,9-12H2. The summed E-state index contributed by atoms with van der Waals surface area (Å²) in [5.41, 5.74) is 7.23. The highest BCUT2D eigenvalue weighted by Gasteiger charge is 2.31. The second kappa shape index (κ2) is 6.70. The summed E-state index contributed by atoms with van der Waals surface area (Å²) in [4.78, 5) is 2.26. The lowest BCUT2D eigenvalue weighted by atomic mass is 9.74. The van der Waals surface area contributed by atoms with E-state index in [0.29, 0.717) is 11.8 Å². The molecule has 1 aliphatic carbocycles. The molecule has 1 saturated heterocycles. The minimum absolute atomic E-state index is 0.427. The molecule has 2 aliphatic rings. The molecule has 0 radical (unpaired) electrons. The second-order valence-electron chi connectivity index (χ2n) is 6.69. The van der Waals surface area contributed by atoms with Crippen molar-refractivity contribution in [2.45, 2.75) is 18.8 Å². The van der Waals surface area contributed by atoms with Gasteiger partial charge in [0.25, 0.3) is 0 Å². The van der Waals surface area contributed by atoms with Crippen molar-refractivity contribution in [2.75, 3.05) is 13.1 Å². The molecule has 122 valence electrons. The summed E-state index contributed by atoms with van der Waals surface area (Å²) >= 11 is 11.4. The monoisotopic (exact) mass is 353 g/mol. The number of hydrogen-bond acceptors (Lipinski definition) is 1. The van der Waals surface area contributed by atoms with E-state index in [2.05, 4.69) is 53.5 Å². The van der Waals surface area contributed by atoms with Crippen molar-refractivity contribution in [1.82, 2.24) is 4.90 Å². The quantitative estimate of drug-likeness (QED) is 0.644. The third-order valence-electron chi connectivity index (χ3n) is 5.35. The van der Waals surface area contributed by atoms with Crippen LogP contribution in [0.2, 0.25) is 5.02 Å². The van der Waals surface area contributed by atoms with Gasteiger partial charge in [0.1, 0.15) is 0 Å². The van der Waals surface area contributed by atoms with Gasteiger partial charge in [-0.15, -0.1) is 0 Å². The lowest BCUT2D eigenvalue weighted by Crippen LogP contribution is -2.34. The first kappa shape index (κ1) is 15.9. The fourth-order valence-corrected chi connectivity index (χ4v) is 4.52. The van der Waals surface area contributed by atoms with Crippen molar-refractivity contribution in [2.24, 2.45) is 5.92 Å². The first-order chi connectivity index (χ1) is 11.8. The minimum Gasteiger partial charge on any atom is -0.369 e. The second-order valence-corrected chi connectivity index (χ2v) is 7.34. The van der Waals surface area contributed by atoms with Gasteiger partial charge in [0.05, 0.1) is 5.49 Å². The molecule has 1 unspecified atom stereocenters. The summed E-state index contributed by atoms with van der Waals surface area (Å²) < 4.78 is 0. The van der Waals surface area contributed by atoms with Gasteiger partial charge >= 0.3 is 0 Å². The van der Waals surface area contributed by atoms with Crippen LogP contribution >= 0.6 is 23.8 Å². The Labute approximate surface area is 153 Å². The van der Waals surface area contributed by atoms with Crippen LogP contribution in [-0.4, -0.2) is 23.5 Å². The maximum absolute atomic E-state index is 6.26. The maximum atomic E-state index is 6.26. The van der Waals surface area contributed by atoms with E-state index in [1.165, 1.54) is 35.1 Å². The summed E-state index contributed by atoms with van der Waals surface area (Å²) in [5, 5.41) is 0.804. The number of halogens is 1. The summed E-state index contributed by atoms with van der Waals surface area (Å²) in [6.07, 6.45) is 6.80. The van der Waals surface area contributed by atoms with Gasteiger partial charge in [-0.2, -0.15) is 0 Å². The molecule has 1 nitrogen and oxygen atoms in total. The van der Waals surface area contributed by atoms with Crippen LogP contribution in [0.4, 0.5) is 0 Å². The van der Waals surface area contributed by atoms with E-state index < -0.39 is 0 Å². The number of thiocarbonyl (C=S) groups is 1. The molecule has 0 N–H and O–H groups in total. The van der Waals surface area contributed by atoms with Gasteiger partial charge in [0.15, 0.2) is 0 Å². The van der Waals surface area contributed by atoms with Crippen molar-refractivity contribution in [3.05, 3.63) is 69.7 Å². The zero-order valence-corrected chi connectivity index (χ0v) is 15.1. The normalized spacial score (nSPS) is 20.2. The minimum atomic E-state index is 0.427. The summed E-state index contributed by atoms with van der Waals surface area (Å²) in [6, 6.07) is 15.1. The lowest BCUT2D eigenvalue weighted by Gasteiger charge is -2.36. The molecular weight excluding hydrogens is 334 g/mol. The molecule has 0 saturated carbocycles. The highest BCUT2D eigenvalue weighted by atomic mass is 35.5. The average Bonchev–Trinajstić information content (AvgIpc) is 2.78. The Morgan fingerprint density at radius 1 is 0.958 bits per heavy atom. The molecule has 0 aromatic heterocycles. The van der Waals surface area contributed by atoms with Crippen molar-refractivity contribution in [1.29, 1.82) is 0 Å². The molecule has 2 aromatic rings. The van der Waals surface area contributed by atoms with E-state index in [9.17, 15) is 0 Å². The van der Waals surface area contributed by atoms with Gasteiger partial charge < -0.3 is 4.90 Å². The molecule has 0 bridgehead atoms. The van der Waals surface area contributed by atoms with E-state index in [-0.39, 0.29) is 0 Å². The van der Waals surface area contributed by atoms with Crippen LogP contribution in [0.3, 0.4) is 0 Å². The number of likely N-dealkylation sites (tertiary alicyclic amines) is 1. The number of piperidine rings is 1. The Morgan fingerprint density at radius 3 is 2.46 bits per heavy atom. The largest absolute Gasteiger partial charge is 0.369 e. The molecule has 4 rings (SSSR count). The van der Waals surface area contributed by atoms with Gasteiger partial charge in [0, 0.05) is 24.0 Å². The Balaban J connectivity index is 1.80. The smallest absolute Gasteiger partial charge is 0.0640 e. The van der Waals surface area contributed by atoms with Crippen LogP contribution < -0.4 is 0 Å². The first-order valence-corrected chi connectivity index (χ1v) is 9.37. The van der Waals surface area contributed by atoms with E-state index in [0.717, 1.165) is 18.1 Å². The SMILES string of the molecule is S=CN1CCC(C2c3ccccc3C=Cc3cc(Cl)ccc32)CC1. The Morgan fingerprint density at radius 2 is 1.67 bits per heavy atom. The van der Waals surface area contributed by atoms with E-state index >= 15 is 0 Å². The predicted octanol–water partition coefficient (Wildman–Crippen LogP) is 5.62. The maximum Gasteiger partial charge on any atom is 0.0640 e. The Bertz CT molecular complexity index is 790. The number of nitrogens with zero attached hydrogens (tertiary/aromatic N) is 1. The fraction of sp³-hybridized carbons (Fsp3) is 0.286. The van der Waals surface area contributed by atoms with E-state index in [4.69, 9.17) is 23.8 Å². The summed E-state index contributed by atoms with van der Waals surface area (Å²) in [6.45, 7) is 2.12. The zero-order chi connectivity index (χ0) is 16.5. The molecule has 0 amide bonds. The van der Waals surface area contributed by atoms with Crippen LogP contribution in [0, 0.1) is 5.92 Å². The third-order valence-corrected chi connectivity index (χ3v) is 5.89. The van der Waals surface area contributed by atoms with Crippen LogP contribution in [-0.2, 0) is 0 Å². The average molecular weight is 354 g/mol. The number of fused-ring (bicyclic) bond motifs is 2. The van der Waals surface area contributed by atoms with E-state index in [1.54, 1.807) is 0 Å². The van der Waals surface area contributed by atoms with Crippen molar-refractivity contribution in [3.8, 4) is 0 Å². The predicted molar refractivity (Wildman–Crippen MR) is 107 cm³/mol. The molecule has 2 aromatic carbocycles. The van der Waals surface area contributed by atoms with Gasteiger partial charge in [-0.1, -0.05) is 66.3 Å². The van der Waals surface area contributed by atoms with Crippen molar-refractivity contribution >= 4 is 41.5 Å².